The summed E-state index contributed by atoms with van der Waals surface area (Å²) in [5.74, 6) is 0. The van der Waals surface area contributed by atoms with Crippen molar-refractivity contribution in [2.24, 2.45) is 0 Å². The summed E-state index contributed by atoms with van der Waals surface area (Å²) < 4.78 is 20.6. The largest absolute Gasteiger partial charge is 0.502 e. The zero-order valence-electron chi connectivity index (χ0n) is 9.93. The third kappa shape index (κ3) is 6.50. The maximum Gasteiger partial charge on any atom is 0.502 e. The van der Waals surface area contributed by atoms with Gasteiger partial charge in [-0.05, 0) is 0 Å². The molecule has 4 N–H and O–H groups in total. The second-order valence-corrected chi connectivity index (χ2v) is 6.05. The summed E-state index contributed by atoms with van der Waals surface area (Å²) in [6, 6.07) is 0.509. The van der Waals surface area contributed by atoms with Crippen molar-refractivity contribution in [1.82, 2.24) is 0 Å². The molecule has 16 heavy (non-hydrogen) atoms. The third-order valence-electron chi connectivity index (χ3n) is 2.01. The number of aliphatic hydroxyl groups is 2. The average molecular weight is 258 g/mol. The zero-order valence-corrected chi connectivity index (χ0v) is 10.9. The highest BCUT2D eigenvalue weighted by Gasteiger charge is 2.37. The summed E-state index contributed by atoms with van der Waals surface area (Å²) >= 11 is 0. The molecular weight excluding hydrogens is 236 g/mol. The molecule has 0 aliphatic rings. The topological polar surface area (TPSA) is 109 Å². The van der Waals surface area contributed by atoms with Gasteiger partial charge in [-0.25, -0.2) is 0 Å². The minimum absolute atomic E-state index is 0. The molecule has 0 aromatic rings. The van der Waals surface area contributed by atoms with E-state index in [2.05, 4.69) is 0 Å². The smallest absolute Gasteiger partial charge is 0.412 e. The summed E-state index contributed by atoms with van der Waals surface area (Å²) in [5.41, 5.74) is 0. The van der Waals surface area contributed by atoms with E-state index < -0.39 is 14.9 Å². The van der Waals surface area contributed by atoms with E-state index in [4.69, 9.17) is 28.2 Å². The lowest BCUT2D eigenvalue weighted by Gasteiger charge is -2.24. The van der Waals surface area contributed by atoms with E-state index in [1.54, 1.807) is 0 Å². The van der Waals surface area contributed by atoms with E-state index in [-0.39, 0.29) is 18.7 Å². The van der Waals surface area contributed by atoms with Crippen molar-refractivity contribution >= 4 is 8.80 Å². The molecule has 0 aromatic carbocycles. The molecule has 0 saturated carbocycles. The molecule has 0 spiro atoms. The van der Waals surface area contributed by atoms with Gasteiger partial charge in [-0.3, -0.25) is 0 Å². The fraction of sp³-hybridized carbons (Fsp3) is 1.00. The Hall–Kier alpha value is -0.0631. The van der Waals surface area contributed by atoms with Gasteiger partial charge in [-0.2, -0.15) is 0 Å². The van der Waals surface area contributed by atoms with Crippen molar-refractivity contribution in [3.8, 4) is 0 Å². The van der Waals surface area contributed by atoms with E-state index in [1.807, 2.05) is 0 Å². The highest BCUT2D eigenvalue weighted by molar-refractivity contribution is 6.60. The van der Waals surface area contributed by atoms with Crippen molar-refractivity contribution in [3.05, 3.63) is 0 Å². The predicted molar refractivity (Wildman–Crippen MR) is 59.1 cm³/mol. The van der Waals surface area contributed by atoms with Crippen LogP contribution in [0.5, 0.6) is 0 Å². The van der Waals surface area contributed by atoms with E-state index >= 15 is 0 Å². The molecule has 0 aliphatic carbocycles. The fourth-order valence-electron chi connectivity index (χ4n) is 1.03. The van der Waals surface area contributed by atoms with Gasteiger partial charge in [0.05, 0.1) is 19.8 Å². The second kappa shape index (κ2) is 10.1. The lowest BCUT2D eigenvalue weighted by Crippen LogP contribution is -2.43. The SMILES string of the molecule is CO[Si](CCOCC(O)CO)(OC)OC.O. The van der Waals surface area contributed by atoms with Gasteiger partial charge in [0.1, 0.15) is 6.10 Å². The number of ether oxygens (including phenoxy) is 1. The molecule has 0 aromatic heterocycles. The third-order valence-corrected chi connectivity index (χ3v) is 4.69. The molecule has 0 fully saturated rings. The van der Waals surface area contributed by atoms with Crippen LogP contribution < -0.4 is 0 Å². The Morgan fingerprint density at radius 3 is 2.00 bits per heavy atom. The molecule has 8 heteroatoms. The Morgan fingerprint density at radius 2 is 1.62 bits per heavy atom. The van der Waals surface area contributed by atoms with Crippen molar-refractivity contribution in [2.45, 2.75) is 12.1 Å². The van der Waals surface area contributed by atoms with Crippen LogP contribution in [0.2, 0.25) is 6.04 Å². The number of aliphatic hydroxyl groups excluding tert-OH is 2. The van der Waals surface area contributed by atoms with Gasteiger partial charge < -0.3 is 33.7 Å². The lowest BCUT2D eigenvalue weighted by molar-refractivity contribution is 0.00593. The Bertz CT molecular complexity index is 145. The molecule has 7 nitrogen and oxygen atoms in total. The molecule has 0 radical (unpaired) electrons. The second-order valence-electron chi connectivity index (χ2n) is 2.96. The maximum atomic E-state index is 9.00. The summed E-state index contributed by atoms with van der Waals surface area (Å²) in [4.78, 5) is 0. The summed E-state index contributed by atoms with van der Waals surface area (Å²) in [5, 5.41) is 17.5. The van der Waals surface area contributed by atoms with Crippen LogP contribution >= 0.6 is 0 Å². The molecule has 0 rings (SSSR count). The van der Waals surface area contributed by atoms with Gasteiger partial charge in [-0.15, -0.1) is 0 Å². The van der Waals surface area contributed by atoms with Crippen LogP contribution in [0, 0.1) is 0 Å². The van der Waals surface area contributed by atoms with Gasteiger partial charge in [0.25, 0.3) is 0 Å². The van der Waals surface area contributed by atoms with Gasteiger partial charge in [-0.1, -0.05) is 0 Å². The standard InChI is InChI=1S/C8H20O6Si.H2O/c1-11-15(12-2,13-3)5-4-14-7-8(10)6-9;/h8-10H,4-7H2,1-3H3;1H2. The molecule has 0 saturated heterocycles. The summed E-state index contributed by atoms with van der Waals surface area (Å²) in [6.45, 7) is 0.151. The fourth-order valence-corrected chi connectivity index (χ4v) is 2.53. The van der Waals surface area contributed by atoms with Crippen molar-refractivity contribution in [3.63, 3.8) is 0 Å². The van der Waals surface area contributed by atoms with E-state index in [0.717, 1.165) is 0 Å². The molecule has 1 unspecified atom stereocenters. The minimum atomic E-state index is -2.57. The van der Waals surface area contributed by atoms with Crippen molar-refractivity contribution in [2.75, 3.05) is 41.2 Å². The normalized spacial score (nSPS) is 13.3. The highest BCUT2D eigenvalue weighted by atomic mass is 28.4. The Labute approximate surface area is 96.6 Å². The monoisotopic (exact) mass is 258 g/mol. The van der Waals surface area contributed by atoms with Crippen LogP contribution in [-0.4, -0.2) is 71.7 Å². The van der Waals surface area contributed by atoms with Crippen LogP contribution in [0.3, 0.4) is 0 Å². The first-order valence-corrected chi connectivity index (χ1v) is 6.59. The number of hydrogen-bond donors (Lipinski definition) is 2. The Kier molecular flexibility index (Phi) is 11.6. The predicted octanol–water partition coefficient (Wildman–Crippen LogP) is -1.59. The first kappa shape index (κ1) is 18.3. The van der Waals surface area contributed by atoms with E-state index in [9.17, 15) is 0 Å². The molecule has 0 aliphatic heterocycles. The first-order chi connectivity index (χ1) is 7.14. The maximum absolute atomic E-state index is 9.00. The summed E-state index contributed by atoms with van der Waals surface area (Å²) in [7, 11) is 2.02. The molecule has 0 bridgehead atoms. The molecule has 100 valence electrons. The molecular formula is C8H22O7Si. The number of rotatable bonds is 9. The molecule has 0 heterocycles. The Balaban J connectivity index is 0. The lowest BCUT2D eigenvalue weighted by atomic mass is 10.4. The van der Waals surface area contributed by atoms with Gasteiger partial charge in [0.2, 0.25) is 0 Å². The van der Waals surface area contributed by atoms with Gasteiger partial charge in [0.15, 0.2) is 0 Å². The van der Waals surface area contributed by atoms with Crippen LogP contribution in [-0.2, 0) is 18.0 Å². The number of hydrogen-bond acceptors (Lipinski definition) is 6. The van der Waals surface area contributed by atoms with Crippen LogP contribution in [0.4, 0.5) is 0 Å². The van der Waals surface area contributed by atoms with Crippen LogP contribution in [0.25, 0.3) is 0 Å². The van der Waals surface area contributed by atoms with E-state index in [0.29, 0.717) is 12.7 Å². The summed E-state index contributed by atoms with van der Waals surface area (Å²) in [6.07, 6.45) is -0.839. The van der Waals surface area contributed by atoms with Crippen LogP contribution in [0.1, 0.15) is 0 Å². The highest BCUT2D eigenvalue weighted by Crippen LogP contribution is 2.12. The molecule has 0 amide bonds. The van der Waals surface area contributed by atoms with Crippen molar-refractivity contribution < 1.29 is 33.7 Å². The van der Waals surface area contributed by atoms with Gasteiger partial charge in [0, 0.05) is 27.4 Å². The quantitative estimate of drug-likeness (QED) is 0.381. The first-order valence-electron chi connectivity index (χ1n) is 4.66. The average Bonchev–Trinajstić information content (AvgIpc) is 2.30. The van der Waals surface area contributed by atoms with Crippen molar-refractivity contribution in [1.29, 1.82) is 0 Å². The molecule has 1 atom stereocenters. The zero-order chi connectivity index (χ0) is 11.7. The van der Waals surface area contributed by atoms with Crippen LogP contribution in [0.15, 0.2) is 0 Å². The van der Waals surface area contributed by atoms with Gasteiger partial charge >= 0.3 is 8.80 Å². The minimum Gasteiger partial charge on any atom is -0.412 e. The Morgan fingerprint density at radius 1 is 1.12 bits per heavy atom. The van der Waals surface area contributed by atoms with E-state index in [1.165, 1.54) is 21.3 Å².